The molecule has 0 unspecified atom stereocenters. The summed E-state index contributed by atoms with van der Waals surface area (Å²) in [5.74, 6) is -0.596. The van der Waals surface area contributed by atoms with Gasteiger partial charge in [-0.05, 0) is 31.5 Å². The number of unbranched alkanes of at least 4 members (excludes halogenated alkanes) is 1. The summed E-state index contributed by atoms with van der Waals surface area (Å²) in [5.41, 5.74) is 5.80. The lowest BCUT2D eigenvalue weighted by Crippen LogP contribution is -2.42. The third kappa shape index (κ3) is 4.38. The van der Waals surface area contributed by atoms with Gasteiger partial charge in [0.25, 0.3) is 11.5 Å². The summed E-state index contributed by atoms with van der Waals surface area (Å²) in [6.45, 7) is 4.20. The van der Waals surface area contributed by atoms with E-state index < -0.39 is 17.2 Å². The van der Waals surface area contributed by atoms with Crippen LogP contribution in [0, 0.1) is 6.92 Å². The summed E-state index contributed by atoms with van der Waals surface area (Å²) >= 11 is 6.07. The quantitative estimate of drug-likeness (QED) is 0.546. The van der Waals surface area contributed by atoms with E-state index in [4.69, 9.17) is 26.5 Å². The highest BCUT2D eigenvalue weighted by molar-refractivity contribution is 6.31. The Kier molecular flexibility index (Phi) is 6.87. The third-order valence-corrected chi connectivity index (χ3v) is 5.31. The largest absolute Gasteiger partial charge is 0.451 e. The van der Waals surface area contributed by atoms with E-state index in [-0.39, 0.29) is 30.4 Å². The number of hydrogen-bond donors (Lipinski definition) is 2. The van der Waals surface area contributed by atoms with Crippen molar-refractivity contribution in [2.45, 2.75) is 33.2 Å². The van der Waals surface area contributed by atoms with Gasteiger partial charge in [-0.25, -0.2) is 4.79 Å². The van der Waals surface area contributed by atoms with Crippen molar-refractivity contribution in [1.82, 2.24) is 9.55 Å². The van der Waals surface area contributed by atoms with Gasteiger partial charge in [0, 0.05) is 29.6 Å². The van der Waals surface area contributed by atoms with Gasteiger partial charge in [0.05, 0.1) is 13.2 Å². The zero-order chi connectivity index (χ0) is 22.7. The van der Waals surface area contributed by atoms with Gasteiger partial charge in [0.1, 0.15) is 11.4 Å². The number of methoxy groups -OCH3 is 1. The van der Waals surface area contributed by atoms with Crippen molar-refractivity contribution in [2.75, 3.05) is 30.9 Å². The van der Waals surface area contributed by atoms with Crippen molar-refractivity contribution in [3.63, 3.8) is 0 Å². The highest BCUT2D eigenvalue weighted by Gasteiger charge is 2.29. The molecule has 9 nitrogen and oxygen atoms in total. The first-order chi connectivity index (χ1) is 14.8. The Morgan fingerprint density at radius 3 is 2.77 bits per heavy atom. The van der Waals surface area contributed by atoms with Crippen LogP contribution in [0.4, 0.5) is 11.5 Å². The van der Waals surface area contributed by atoms with Crippen LogP contribution in [0.3, 0.4) is 0 Å². The number of amides is 1. The molecular weight excluding hydrogens is 424 g/mol. The van der Waals surface area contributed by atoms with Crippen molar-refractivity contribution in [3.8, 4) is 0 Å². The second-order valence-electron chi connectivity index (χ2n) is 7.14. The normalized spacial score (nSPS) is 11.2. The minimum absolute atomic E-state index is 0.0336. The predicted molar refractivity (Wildman–Crippen MR) is 120 cm³/mol. The highest BCUT2D eigenvalue weighted by atomic mass is 35.5. The molecular formula is C21H25ClN4O5. The number of aromatic nitrogens is 2. The number of furan rings is 1. The Hall–Kier alpha value is -3.04. The van der Waals surface area contributed by atoms with E-state index in [0.717, 1.165) is 6.42 Å². The molecule has 1 amide bonds. The first-order valence-electron chi connectivity index (χ1n) is 9.92. The van der Waals surface area contributed by atoms with Gasteiger partial charge in [-0.15, -0.1) is 0 Å². The fourth-order valence-corrected chi connectivity index (χ4v) is 3.57. The van der Waals surface area contributed by atoms with E-state index in [1.54, 1.807) is 25.1 Å². The van der Waals surface area contributed by atoms with Crippen LogP contribution in [-0.4, -0.2) is 35.7 Å². The average molecular weight is 449 g/mol. The highest BCUT2D eigenvalue weighted by Crippen LogP contribution is 2.30. The fraction of sp³-hybridized carbons (Fsp3) is 0.381. The van der Waals surface area contributed by atoms with Gasteiger partial charge in [-0.3, -0.25) is 24.0 Å². The maximum Gasteiger partial charge on any atom is 0.330 e. The number of nitrogens with two attached hydrogens (primary N) is 1. The van der Waals surface area contributed by atoms with Crippen molar-refractivity contribution in [3.05, 3.63) is 55.4 Å². The van der Waals surface area contributed by atoms with E-state index in [1.807, 2.05) is 6.92 Å². The van der Waals surface area contributed by atoms with Crippen LogP contribution in [0.15, 0.2) is 32.2 Å². The molecule has 2 aromatic heterocycles. The number of H-pyrrole nitrogens is 1. The van der Waals surface area contributed by atoms with E-state index >= 15 is 0 Å². The van der Waals surface area contributed by atoms with Crippen LogP contribution < -0.4 is 21.9 Å². The molecule has 1 aromatic carbocycles. The first kappa shape index (κ1) is 22.6. The summed E-state index contributed by atoms with van der Waals surface area (Å²) in [5, 5.41) is 1.20. The number of nitrogens with one attached hydrogen (secondary N) is 1. The van der Waals surface area contributed by atoms with E-state index in [2.05, 4.69) is 4.98 Å². The molecule has 3 aromatic rings. The van der Waals surface area contributed by atoms with E-state index in [0.29, 0.717) is 34.5 Å². The van der Waals surface area contributed by atoms with Crippen LogP contribution in [0.5, 0.6) is 0 Å². The average Bonchev–Trinajstić information content (AvgIpc) is 3.05. The monoisotopic (exact) mass is 448 g/mol. The third-order valence-electron chi connectivity index (χ3n) is 5.08. The summed E-state index contributed by atoms with van der Waals surface area (Å²) in [7, 11) is 1.48. The lowest BCUT2D eigenvalue weighted by atomic mass is 10.1. The Morgan fingerprint density at radius 1 is 1.35 bits per heavy atom. The van der Waals surface area contributed by atoms with Crippen LogP contribution in [0.25, 0.3) is 11.0 Å². The molecule has 0 aliphatic rings. The van der Waals surface area contributed by atoms with Gasteiger partial charge < -0.3 is 14.9 Å². The van der Waals surface area contributed by atoms with Gasteiger partial charge in [0.2, 0.25) is 0 Å². The first-order valence-corrected chi connectivity index (χ1v) is 10.3. The molecule has 0 atom stereocenters. The number of anilines is 2. The molecule has 0 saturated heterocycles. The molecule has 10 heteroatoms. The standard InChI is InChI=1S/C21H25ClN4O5/c1-4-5-8-26-18(23)16(19(27)24-21(26)29)25(9-10-30-3)20(28)17-12(2)14-11-13(22)6-7-15(14)31-17/h6-7,11H,4-5,8-10,23H2,1-3H3,(H,24,27,29). The molecule has 0 radical (unpaired) electrons. The van der Waals surface area contributed by atoms with Crippen LogP contribution in [-0.2, 0) is 11.3 Å². The summed E-state index contributed by atoms with van der Waals surface area (Å²) in [4.78, 5) is 41.9. The SMILES string of the molecule is CCCCn1c(N)c(N(CCOC)C(=O)c2oc3ccc(Cl)cc3c2C)c(=O)[nH]c1=O. The van der Waals surface area contributed by atoms with Crippen LogP contribution in [0.2, 0.25) is 5.02 Å². The Morgan fingerprint density at radius 2 is 2.10 bits per heavy atom. The lowest BCUT2D eigenvalue weighted by molar-refractivity contribution is 0.0950. The van der Waals surface area contributed by atoms with Gasteiger partial charge in [-0.1, -0.05) is 24.9 Å². The maximum atomic E-state index is 13.5. The van der Waals surface area contributed by atoms with E-state index in [1.165, 1.54) is 16.6 Å². The lowest BCUT2D eigenvalue weighted by Gasteiger charge is -2.23. The van der Waals surface area contributed by atoms with Crippen LogP contribution in [0.1, 0.15) is 35.9 Å². The second-order valence-corrected chi connectivity index (χ2v) is 7.58. The maximum absolute atomic E-state index is 13.5. The number of aromatic amines is 1. The van der Waals surface area contributed by atoms with Gasteiger partial charge >= 0.3 is 5.69 Å². The Balaban J connectivity index is 2.15. The molecule has 31 heavy (non-hydrogen) atoms. The molecule has 2 heterocycles. The molecule has 0 aliphatic heterocycles. The summed E-state index contributed by atoms with van der Waals surface area (Å²) in [6, 6.07) is 5.04. The zero-order valence-electron chi connectivity index (χ0n) is 17.7. The number of rotatable bonds is 8. The minimum Gasteiger partial charge on any atom is -0.451 e. The number of aryl methyl sites for hydroxylation is 1. The van der Waals surface area contributed by atoms with E-state index in [9.17, 15) is 14.4 Å². The summed E-state index contributed by atoms with van der Waals surface area (Å²) in [6.07, 6.45) is 1.51. The Labute approximate surface area is 183 Å². The number of carbonyl (C=O) groups is 1. The number of fused-ring (bicyclic) bond motifs is 1. The van der Waals surface area contributed by atoms with Gasteiger partial charge in [0.15, 0.2) is 11.4 Å². The zero-order valence-corrected chi connectivity index (χ0v) is 18.4. The molecule has 3 rings (SSSR count). The number of carbonyl (C=O) groups excluding carboxylic acids is 1. The molecule has 166 valence electrons. The second kappa shape index (κ2) is 9.40. The smallest absolute Gasteiger partial charge is 0.330 e. The van der Waals surface area contributed by atoms with Crippen molar-refractivity contribution in [1.29, 1.82) is 0 Å². The molecule has 0 fully saturated rings. The molecule has 0 saturated carbocycles. The van der Waals surface area contributed by atoms with Crippen LogP contribution >= 0.6 is 11.6 Å². The minimum atomic E-state index is -0.753. The molecule has 0 aliphatic carbocycles. The topological polar surface area (TPSA) is 124 Å². The van der Waals surface area contributed by atoms with Crippen molar-refractivity contribution in [2.24, 2.45) is 0 Å². The van der Waals surface area contributed by atoms with Crippen molar-refractivity contribution < 1.29 is 13.9 Å². The number of nitrogens with zero attached hydrogens (tertiary/aromatic N) is 2. The number of nitrogen functional groups attached to an aromatic ring is 1. The number of hydrogen-bond acceptors (Lipinski definition) is 6. The summed E-state index contributed by atoms with van der Waals surface area (Å²) < 4.78 is 12.2. The predicted octanol–water partition coefficient (Wildman–Crippen LogP) is 2.92. The molecule has 0 bridgehead atoms. The molecule has 0 spiro atoms. The van der Waals surface area contributed by atoms with Crippen molar-refractivity contribution >= 4 is 40.0 Å². The number of benzene rings is 1. The molecule has 3 N–H and O–H groups in total. The van der Waals surface area contributed by atoms with Gasteiger partial charge in [-0.2, -0.15) is 0 Å². The number of ether oxygens (including phenoxy) is 1. The Bertz CT molecular complexity index is 1230. The fourth-order valence-electron chi connectivity index (χ4n) is 3.39. The number of halogens is 1.